The number of amides is 2. The second-order valence-corrected chi connectivity index (χ2v) is 9.49. The smallest absolute Gasteiger partial charge is 0.251 e. The molecule has 2 saturated heterocycles. The highest BCUT2D eigenvalue weighted by atomic mass is 16.5. The fraction of sp³-hybridized carbons (Fsp3) is 0.440. The van der Waals surface area contributed by atoms with Crippen molar-refractivity contribution >= 4 is 17.6 Å². The molecule has 1 N–H and O–H groups in total. The second kappa shape index (κ2) is 8.82. The highest BCUT2D eigenvalue weighted by Crippen LogP contribution is 2.28. The zero-order valence-corrected chi connectivity index (χ0v) is 18.7. The minimum atomic E-state index is -0.792. The van der Waals surface area contributed by atoms with Crippen LogP contribution in [0, 0.1) is 0 Å². The first-order valence-corrected chi connectivity index (χ1v) is 11.0. The van der Waals surface area contributed by atoms with Gasteiger partial charge in [0.05, 0.1) is 6.10 Å². The summed E-state index contributed by atoms with van der Waals surface area (Å²) >= 11 is 0. The molecule has 0 bridgehead atoms. The van der Waals surface area contributed by atoms with Crippen molar-refractivity contribution in [2.75, 3.05) is 13.2 Å². The maximum Gasteiger partial charge on any atom is 0.251 e. The van der Waals surface area contributed by atoms with Crippen LogP contribution in [0.5, 0.6) is 0 Å². The van der Waals surface area contributed by atoms with Gasteiger partial charge in [0.1, 0.15) is 18.7 Å². The summed E-state index contributed by atoms with van der Waals surface area (Å²) < 4.78 is 5.52. The molecule has 7 nitrogen and oxygen atoms in total. The van der Waals surface area contributed by atoms with E-state index in [2.05, 4.69) is 31.1 Å². The number of aromatic nitrogens is 1. The van der Waals surface area contributed by atoms with Gasteiger partial charge in [0, 0.05) is 30.9 Å². The third kappa shape index (κ3) is 4.58. The number of nitrogens with zero attached hydrogens (tertiary/aromatic N) is 2. The summed E-state index contributed by atoms with van der Waals surface area (Å²) in [6.07, 6.45) is 4.02. The summed E-state index contributed by atoms with van der Waals surface area (Å²) in [6.45, 7) is 6.83. The van der Waals surface area contributed by atoms with Crippen LogP contribution in [-0.2, 0) is 26.2 Å². The van der Waals surface area contributed by atoms with E-state index in [0.29, 0.717) is 24.9 Å². The first-order chi connectivity index (χ1) is 15.2. The average molecular weight is 436 g/mol. The van der Waals surface area contributed by atoms with Crippen LogP contribution in [0.15, 0.2) is 48.8 Å². The number of benzene rings is 1. The number of Topliss-reactive ketones (excluding diaryl/α,β-unsaturated/α-hetero) is 1. The predicted octanol–water partition coefficient (Wildman–Crippen LogP) is 2.29. The van der Waals surface area contributed by atoms with Gasteiger partial charge in [0.25, 0.3) is 5.91 Å². The lowest BCUT2D eigenvalue weighted by Gasteiger charge is -2.27. The molecule has 1 aromatic carbocycles. The Bertz CT molecular complexity index is 998. The molecule has 168 valence electrons. The number of ether oxygens (including phenoxy) is 1. The van der Waals surface area contributed by atoms with Gasteiger partial charge in [-0.05, 0) is 47.2 Å². The van der Waals surface area contributed by atoms with E-state index in [-0.39, 0.29) is 35.7 Å². The normalized spacial score (nSPS) is 21.3. The number of hydrogen-bond donors (Lipinski definition) is 1. The lowest BCUT2D eigenvalue weighted by atomic mass is 9.86. The molecule has 2 aromatic rings. The van der Waals surface area contributed by atoms with E-state index in [4.69, 9.17) is 4.74 Å². The van der Waals surface area contributed by atoms with Crippen molar-refractivity contribution in [1.82, 2.24) is 15.2 Å². The number of likely N-dealkylation sites (tertiary alicyclic amines) is 1. The summed E-state index contributed by atoms with van der Waals surface area (Å²) in [5.41, 5.74) is 2.48. The van der Waals surface area contributed by atoms with Crippen LogP contribution in [0.2, 0.25) is 0 Å². The molecule has 32 heavy (non-hydrogen) atoms. The largest absolute Gasteiger partial charge is 0.368 e. The number of carbonyl (C=O) groups is 3. The fourth-order valence-corrected chi connectivity index (χ4v) is 4.36. The topological polar surface area (TPSA) is 88.6 Å². The van der Waals surface area contributed by atoms with Crippen molar-refractivity contribution in [2.24, 2.45) is 0 Å². The van der Waals surface area contributed by atoms with E-state index in [1.54, 1.807) is 29.4 Å². The second-order valence-electron chi connectivity index (χ2n) is 9.49. The van der Waals surface area contributed by atoms with Crippen molar-refractivity contribution < 1.29 is 19.1 Å². The Morgan fingerprint density at radius 2 is 1.84 bits per heavy atom. The standard InChI is InChI=1S/C25H29N3O4/c1-25(2,3)18-6-4-17(5-7-18)23(30)27-19(14-16-8-11-26-12-9-16)24(31)28-13-10-21-22(28)20(29)15-32-21/h4-9,11-12,19,21-22H,10,13-15H2,1-3H3,(H,27,30). The molecule has 0 radical (unpaired) electrons. The maximum atomic E-state index is 13.5. The van der Waals surface area contributed by atoms with Crippen LogP contribution >= 0.6 is 0 Å². The van der Waals surface area contributed by atoms with E-state index in [1.165, 1.54) is 0 Å². The number of ketones is 1. The van der Waals surface area contributed by atoms with E-state index in [9.17, 15) is 14.4 Å². The molecule has 4 rings (SSSR count). The number of hydrogen-bond acceptors (Lipinski definition) is 5. The molecule has 3 unspecified atom stereocenters. The number of rotatable bonds is 5. The third-order valence-electron chi connectivity index (χ3n) is 6.20. The van der Waals surface area contributed by atoms with Gasteiger partial charge in [-0.1, -0.05) is 32.9 Å². The first-order valence-electron chi connectivity index (χ1n) is 11.0. The molecule has 2 aliphatic rings. The summed E-state index contributed by atoms with van der Waals surface area (Å²) in [7, 11) is 0. The van der Waals surface area contributed by atoms with Crippen LogP contribution in [0.25, 0.3) is 0 Å². The number of fused-ring (bicyclic) bond motifs is 1. The molecule has 0 spiro atoms. The summed E-state index contributed by atoms with van der Waals surface area (Å²) in [6, 6.07) is 9.74. The summed E-state index contributed by atoms with van der Waals surface area (Å²) in [5, 5.41) is 2.91. The molecule has 0 aliphatic carbocycles. The van der Waals surface area contributed by atoms with Crippen molar-refractivity contribution in [3.63, 3.8) is 0 Å². The summed E-state index contributed by atoms with van der Waals surface area (Å²) in [4.78, 5) is 44.4. The van der Waals surface area contributed by atoms with Gasteiger partial charge in [-0.25, -0.2) is 0 Å². The molecule has 1 aromatic heterocycles. The Balaban J connectivity index is 1.55. The zero-order chi connectivity index (χ0) is 22.9. The zero-order valence-electron chi connectivity index (χ0n) is 18.7. The van der Waals surface area contributed by atoms with Gasteiger partial charge >= 0.3 is 0 Å². The van der Waals surface area contributed by atoms with Gasteiger partial charge in [-0.2, -0.15) is 0 Å². The monoisotopic (exact) mass is 435 g/mol. The SMILES string of the molecule is CC(C)(C)c1ccc(C(=O)NC(Cc2ccncc2)C(=O)N2CCC3OCC(=O)C32)cc1. The van der Waals surface area contributed by atoms with Crippen molar-refractivity contribution in [2.45, 2.75) is 57.2 Å². The van der Waals surface area contributed by atoms with Gasteiger partial charge in [0.2, 0.25) is 5.91 Å². The molecule has 3 atom stereocenters. The molecule has 2 amide bonds. The predicted molar refractivity (Wildman–Crippen MR) is 119 cm³/mol. The first kappa shape index (κ1) is 22.1. The van der Waals surface area contributed by atoms with E-state index in [0.717, 1.165) is 11.1 Å². The van der Waals surface area contributed by atoms with Crippen LogP contribution in [0.3, 0.4) is 0 Å². The molecule has 7 heteroatoms. The minimum Gasteiger partial charge on any atom is -0.368 e. The average Bonchev–Trinajstić information content (AvgIpc) is 3.36. The fourth-order valence-electron chi connectivity index (χ4n) is 4.36. The molecular formula is C25H29N3O4. The minimum absolute atomic E-state index is 0.0168. The van der Waals surface area contributed by atoms with Crippen molar-refractivity contribution in [3.05, 3.63) is 65.5 Å². The van der Waals surface area contributed by atoms with Gasteiger partial charge < -0.3 is 15.0 Å². The Labute approximate surface area is 188 Å². The lowest BCUT2D eigenvalue weighted by molar-refractivity contribution is -0.138. The van der Waals surface area contributed by atoms with Gasteiger partial charge in [-0.15, -0.1) is 0 Å². The number of pyridine rings is 1. The Morgan fingerprint density at radius 3 is 2.50 bits per heavy atom. The van der Waals surface area contributed by atoms with E-state index in [1.807, 2.05) is 24.3 Å². The van der Waals surface area contributed by atoms with E-state index < -0.39 is 12.1 Å². The third-order valence-corrected chi connectivity index (χ3v) is 6.20. The quantitative estimate of drug-likeness (QED) is 0.779. The maximum absolute atomic E-state index is 13.5. The van der Waals surface area contributed by atoms with Crippen molar-refractivity contribution in [3.8, 4) is 0 Å². The lowest BCUT2D eigenvalue weighted by Crippen LogP contribution is -2.53. The highest BCUT2D eigenvalue weighted by molar-refractivity contribution is 5.99. The molecule has 0 saturated carbocycles. The van der Waals surface area contributed by atoms with Crippen LogP contribution in [0.1, 0.15) is 48.7 Å². The van der Waals surface area contributed by atoms with Gasteiger partial charge in [-0.3, -0.25) is 19.4 Å². The summed E-state index contributed by atoms with van der Waals surface area (Å²) in [5.74, 6) is -0.650. The Morgan fingerprint density at radius 1 is 1.16 bits per heavy atom. The van der Waals surface area contributed by atoms with Crippen LogP contribution < -0.4 is 5.32 Å². The molecular weight excluding hydrogens is 406 g/mol. The van der Waals surface area contributed by atoms with Crippen LogP contribution in [-0.4, -0.2) is 58.8 Å². The molecule has 2 fully saturated rings. The number of nitrogens with one attached hydrogen (secondary N) is 1. The molecule has 2 aliphatic heterocycles. The van der Waals surface area contributed by atoms with E-state index >= 15 is 0 Å². The molecule has 3 heterocycles. The van der Waals surface area contributed by atoms with Crippen molar-refractivity contribution in [1.29, 1.82) is 0 Å². The Kier molecular flexibility index (Phi) is 6.11. The van der Waals surface area contributed by atoms with Gasteiger partial charge in [0.15, 0.2) is 5.78 Å². The Hall–Kier alpha value is -3.06. The number of carbonyl (C=O) groups excluding carboxylic acids is 3. The van der Waals surface area contributed by atoms with Crippen LogP contribution in [0.4, 0.5) is 0 Å². The highest BCUT2D eigenvalue weighted by Gasteiger charge is 2.48.